The first kappa shape index (κ1) is 18.2. The fourth-order valence-electron chi connectivity index (χ4n) is 2.58. The van der Waals surface area contributed by atoms with Crippen LogP contribution in [-0.4, -0.2) is 23.1 Å². The highest BCUT2D eigenvalue weighted by Gasteiger charge is 2.35. The lowest BCUT2D eigenvalue weighted by Gasteiger charge is -2.32. The summed E-state index contributed by atoms with van der Waals surface area (Å²) in [5.74, 6) is -0.162. The SMILES string of the molecule is Cl.NC1(C(=O)NCC(O)c2ccc(Cl)cc2)CCCCC1. The van der Waals surface area contributed by atoms with Gasteiger partial charge in [0.15, 0.2) is 0 Å². The first-order chi connectivity index (χ1) is 9.51. The minimum absolute atomic E-state index is 0. The van der Waals surface area contributed by atoms with Crippen molar-refractivity contribution in [3.8, 4) is 0 Å². The predicted octanol–water partition coefficient (Wildman–Crippen LogP) is 2.57. The van der Waals surface area contributed by atoms with Gasteiger partial charge in [-0.3, -0.25) is 4.79 Å². The van der Waals surface area contributed by atoms with Crippen LogP contribution in [-0.2, 0) is 4.79 Å². The molecule has 21 heavy (non-hydrogen) atoms. The van der Waals surface area contributed by atoms with E-state index in [1.165, 1.54) is 0 Å². The molecule has 0 bridgehead atoms. The van der Waals surface area contributed by atoms with Crippen molar-refractivity contribution in [1.29, 1.82) is 0 Å². The topological polar surface area (TPSA) is 75.4 Å². The maximum Gasteiger partial charge on any atom is 0.240 e. The number of hydrogen-bond acceptors (Lipinski definition) is 3. The largest absolute Gasteiger partial charge is 0.387 e. The summed E-state index contributed by atoms with van der Waals surface area (Å²) < 4.78 is 0. The van der Waals surface area contributed by atoms with Crippen LogP contribution >= 0.6 is 24.0 Å². The van der Waals surface area contributed by atoms with Crippen LogP contribution in [0.3, 0.4) is 0 Å². The Hall–Kier alpha value is -0.810. The van der Waals surface area contributed by atoms with Crippen LogP contribution in [0.1, 0.15) is 43.8 Å². The number of aliphatic hydroxyl groups is 1. The Balaban J connectivity index is 0.00000220. The average molecular weight is 333 g/mol. The third kappa shape index (κ3) is 4.85. The molecule has 2 rings (SSSR count). The molecular formula is C15H22Cl2N2O2. The Morgan fingerprint density at radius 3 is 2.43 bits per heavy atom. The number of aliphatic hydroxyl groups excluding tert-OH is 1. The molecule has 1 aliphatic rings. The van der Waals surface area contributed by atoms with Gasteiger partial charge in [-0.05, 0) is 30.5 Å². The number of carbonyl (C=O) groups is 1. The Kier molecular flexibility index (Phi) is 6.94. The summed E-state index contributed by atoms with van der Waals surface area (Å²) in [6.07, 6.45) is 3.81. The van der Waals surface area contributed by atoms with Crippen molar-refractivity contribution in [3.05, 3.63) is 34.9 Å². The molecule has 118 valence electrons. The van der Waals surface area contributed by atoms with E-state index in [1.807, 2.05) is 0 Å². The first-order valence-electron chi connectivity index (χ1n) is 7.02. The number of benzene rings is 1. The molecule has 0 aromatic heterocycles. The zero-order chi connectivity index (χ0) is 14.6. The summed E-state index contributed by atoms with van der Waals surface area (Å²) in [6.45, 7) is 0.166. The van der Waals surface area contributed by atoms with Crippen LogP contribution in [0.4, 0.5) is 0 Å². The smallest absolute Gasteiger partial charge is 0.240 e. The molecule has 1 amide bonds. The van der Waals surface area contributed by atoms with Crippen molar-refractivity contribution < 1.29 is 9.90 Å². The van der Waals surface area contributed by atoms with Crippen molar-refractivity contribution in [2.24, 2.45) is 5.73 Å². The minimum atomic E-state index is -0.766. The average Bonchev–Trinajstić information content (AvgIpc) is 2.46. The van der Waals surface area contributed by atoms with Crippen molar-refractivity contribution >= 4 is 29.9 Å². The normalized spacial score (nSPS) is 18.4. The molecule has 1 saturated carbocycles. The van der Waals surface area contributed by atoms with Crippen molar-refractivity contribution in [3.63, 3.8) is 0 Å². The Morgan fingerprint density at radius 2 is 1.86 bits per heavy atom. The van der Waals surface area contributed by atoms with Gasteiger partial charge in [0, 0.05) is 11.6 Å². The minimum Gasteiger partial charge on any atom is -0.387 e. The monoisotopic (exact) mass is 332 g/mol. The molecule has 0 aliphatic heterocycles. The molecule has 1 unspecified atom stereocenters. The number of carbonyl (C=O) groups excluding carboxylic acids is 1. The van der Waals surface area contributed by atoms with Gasteiger partial charge < -0.3 is 16.2 Å². The van der Waals surface area contributed by atoms with E-state index in [4.69, 9.17) is 17.3 Å². The maximum atomic E-state index is 12.1. The van der Waals surface area contributed by atoms with Crippen LogP contribution in [0, 0.1) is 0 Å². The van der Waals surface area contributed by atoms with E-state index in [0.717, 1.165) is 37.7 Å². The van der Waals surface area contributed by atoms with Gasteiger partial charge in [-0.15, -0.1) is 12.4 Å². The number of amides is 1. The summed E-state index contributed by atoms with van der Waals surface area (Å²) in [6, 6.07) is 6.93. The van der Waals surface area contributed by atoms with Gasteiger partial charge >= 0.3 is 0 Å². The molecule has 1 atom stereocenters. The van der Waals surface area contributed by atoms with E-state index in [1.54, 1.807) is 24.3 Å². The van der Waals surface area contributed by atoms with E-state index >= 15 is 0 Å². The first-order valence-corrected chi connectivity index (χ1v) is 7.40. The molecule has 4 N–H and O–H groups in total. The zero-order valence-corrected chi connectivity index (χ0v) is 13.4. The summed E-state index contributed by atoms with van der Waals surface area (Å²) in [4.78, 5) is 12.1. The number of halogens is 2. The molecule has 6 heteroatoms. The highest BCUT2D eigenvalue weighted by atomic mass is 35.5. The molecule has 1 aromatic carbocycles. The fraction of sp³-hybridized carbons (Fsp3) is 0.533. The van der Waals surface area contributed by atoms with Crippen LogP contribution in [0.2, 0.25) is 5.02 Å². The van der Waals surface area contributed by atoms with Gasteiger partial charge in [0.2, 0.25) is 5.91 Å². The summed E-state index contributed by atoms with van der Waals surface area (Å²) in [7, 11) is 0. The van der Waals surface area contributed by atoms with Crippen molar-refractivity contribution in [2.45, 2.75) is 43.7 Å². The molecule has 1 fully saturated rings. The third-order valence-corrected chi connectivity index (χ3v) is 4.16. The van der Waals surface area contributed by atoms with Crippen LogP contribution in [0.25, 0.3) is 0 Å². The third-order valence-electron chi connectivity index (χ3n) is 3.91. The number of hydrogen-bond donors (Lipinski definition) is 3. The van der Waals surface area contributed by atoms with Crippen LogP contribution < -0.4 is 11.1 Å². The lowest BCUT2D eigenvalue weighted by molar-refractivity contribution is -0.128. The van der Waals surface area contributed by atoms with Crippen LogP contribution in [0.5, 0.6) is 0 Å². The molecule has 4 nitrogen and oxygen atoms in total. The number of nitrogens with two attached hydrogens (primary N) is 1. The van der Waals surface area contributed by atoms with Crippen molar-refractivity contribution in [2.75, 3.05) is 6.54 Å². The van der Waals surface area contributed by atoms with Gasteiger partial charge in [0.1, 0.15) is 0 Å². The molecule has 0 heterocycles. The lowest BCUT2D eigenvalue weighted by Crippen LogP contribution is -2.55. The maximum absolute atomic E-state index is 12.1. The van der Waals surface area contributed by atoms with Gasteiger partial charge in [0.25, 0.3) is 0 Å². The number of rotatable bonds is 4. The van der Waals surface area contributed by atoms with E-state index in [-0.39, 0.29) is 24.9 Å². The Morgan fingerprint density at radius 1 is 1.29 bits per heavy atom. The molecule has 0 radical (unpaired) electrons. The van der Waals surface area contributed by atoms with Crippen LogP contribution in [0.15, 0.2) is 24.3 Å². The molecule has 0 spiro atoms. The summed E-state index contributed by atoms with van der Waals surface area (Å²) >= 11 is 5.80. The quantitative estimate of drug-likeness (QED) is 0.793. The van der Waals surface area contributed by atoms with E-state index in [9.17, 15) is 9.90 Å². The second-order valence-electron chi connectivity index (χ2n) is 5.49. The lowest BCUT2D eigenvalue weighted by atomic mass is 9.82. The fourth-order valence-corrected chi connectivity index (χ4v) is 2.70. The molecule has 0 saturated heterocycles. The standard InChI is InChI=1S/C15H21ClN2O2.ClH/c16-12-6-4-11(5-7-12)13(19)10-18-14(20)15(17)8-2-1-3-9-15;/h4-7,13,19H,1-3,8-10,17H2,(H,18,20);1H. The Bertz CT molecular complexity index is 459. The molecule has 1 aliphatic carbocycles. The van der Waals surface area contributed by atoms with Gasteiger partial charge in [-0.25, -0.2) is 0 Å². The predicted molar refractivity (Wildman–Crippen MR) is 86.7 cm³/mol. The summed E-state index contributed by atoms with van der Waals surface area (Å²) in [5, 5.41) is 13.4. The highest BCUT2D eigenvalue weighted by molar-refractivity contribution is 6.30. The van der Waals surface area contributed by atoms with Crippen molar-refractivity contribution in [1.82, 2.24) is 5.32 Å². The number of nitrogens with one attached hydrogen (secondary N) is 1. The van der Waals surface area contributed by atoms with Gasteiger partial charge in [0.05, 0.1) is 11.6 Å². The molecular weight excluding hydrogens is 311 g/mol. The summed E-state index contributed by atoms with van der Waals surface area (Å²) in [5.41, 5.74) is 6.10. The second kappa shape index (κ2) is 7.99. The van der Waals surface area contributed by atoms with E-state index in [2.05, 4.69) is 5.32 Å². The highest BCUT2D eigenvalue weighted by Crippen LogP contribution is 2.26. The van der Waals surface area contributed by atoms with E-state index in [0.29, 0.717) is 5.02 Å². The Labute approximate surface area is 136 Å². The van der Waals surface area contributed by atoms with Gasteiger partial charge in [-0.2, -0.15) is 0 Å². The van der Waals surface area contributed by atoms with Gasteiger partial charge in [-0.1, -0.05) is 43.0 Å². The van der Waals surface area contributed by atoms with E-state index < -0.39 is 11.6 Å². The second-order valence-corrected chi connectivity index (χ2v) is 5.93. The zero-order valence-electron chi connectivity index (χ0n) is 11.8. The molecule has 1 aromatic rings.